The minimum absolute atomic E-state index is 0.0419. The average molecular weight is 322 g/mol. The van der Waals surface area contributed by atoms with Crippen molar-refractivity contribution in [3.8, 4) is 0 Å². The van der Waals surface area contributed by atoms with Gasteiger partial charge in [0.1, 0.15) is 0 Å². The van der Waals surface area contributed by atoms with E-state index in [1.807, 2.05) is 59.5 Å². The van der Waals surface area contributed by atoms with Crippen LogP contribution in [0.3, 0.4) is 0 Å². The van der Waals surface area contributed by atoms with Gasteiger partial charge in [-0.2, -0.15) is 0 Å². The van der Waals surface area contributed by atoms with Gasteiger partial charge in [-0.1, -0.05) is 36.8 Å². The number of nitrogens with zero attached hydrogens (tertiary/aromatic N) is 1. The molecule has 1 fully saturated rings. The second-order valence-corrected chi connectivity index (χ2v) is 6.11. The summed E-state index contributed by atoms with van der Waals surface area (Å²) in [6.45, 7) is 0.776. The van der Waals surface area contributed by atoms with Gasteiger partial charge < -0.3 is 10.2 Å². The molecule has 2 amide bonds. The van der Waals surface area contributed by atoms with Gasteiger partial charge in [-0.25, -0.2) is 0 Å². The monoisotopic (exact) mass is 322 g/mol. The van der Waals surface area contributed by atoms with E-state index >= 15 is 0 Å². The molecule has 3 rings (SSSR count). The molecular formula is C20H22N2O2. The van der Waals surface area contributed by atoms with Crippen molar-refractivity contribution in [3.63, 3.8) is 0 Å². The zero-order valence-electron chi connectivity index (χ0n) is 13.7. The number of hydrogen-bond acceptors (Lipinski definition) is 2. The molecule has 4 heteroatoms. The van der Waals surface area contributed by atoms with Crippen LogP contribution in [-0.2, 0) is 16.0 Å². The average Bonchev–Trinajstić information content (AvgIpc) is 2.81. The molecule has 2 aromatic carbocycles. The molecule has 1 heterocycles. The van der Waals surface area contributed by atoms with Crippen molar-refractivity contribution in [3.05, 3.63) is 60.2 Å². The number of hydrogen-bond donors (Lipinski definition) is 1. The van der Waals surface area contributed by atoms with Crippen LogP contribution in [0, 0.1) is 0 Å². The molecule has 1 saturated heterocycles. The number of benzene rings is 2. The lowest BCUT2D eigenvalue weighted by Gasteiger charge is -2.21. The minimum atomic E-state index is -0.0419. The van der Waals surface area contributed by atoms with Crippen molar-refractivity contribution in [1.82, 2.24) is 0 Å². The Morgan fingerprint density at radius 2 is 1.71 bits per heavy atom. The highest BCUT2D eigenvalue weighted by molar-refractivity contribution is 5.95. The third kappa shape index (κ3) is 4.22. The summed E-state index contributed by atoms with van der Waals surface area (Å²) >= 11 is 0. The van der Waals surface area contributed by atoms with E-state index in [1.165, 1.54) is 0 Å². The Morgan fingerprint density at radius 1 is 0.958 bits per heavy atom. The summed E-state index contributed by atoms with van der Waals surface area (Å²) in [7, 11) is 0. The first-order chi connectivity index (χ1) is 11.7. The predicted molar refractivity (Wildman–Crippen MR) is 96.0 cm³/mol. The Labute approximate surface area is 142 Å². The first kappa shape index (κ1) is 16.2. The number of amides is 2. The van der Waals surface area contributed by atoms with Crippen LogP contribution in [-0.4, -0.2) is 18.4 Å². The summed E-state index contributed by atoms with van der Waals surface area (Å²) in [5.74, 6) is 0.146. The van der Waals surface area contributed by atoms with Gasteiger partial charge in [-0.05, 0) is 42.7 Å². The summed E-state index contributed by atoms with van der Waals surface area (Å²) in [5, 5.41) is 2.90. The fraction of sp³-hybridized carbons (Fsp3) is 0.300. The maximum Gasteiger partial charge on any atom is 0.228 e. The van der Waals surface area contributed by atoms with Crippen molar-refractivity contribution in [2.24, 2.45) is 0 Å². The SMILES string of the molecule is O=C(Cc1ccccc1)Nc1ccc(N2CCCCCC2=O)cc1. The van der Waals surface area contributed by atoms with Crippen LogP contribution in [0.1, 0.15) is 31.2 Å². The number of rotatable bonds is 4. The molecule has 0 radical (unpaired) electrons. The Kier molecular flexibility index (Phi) is 5.26. The lowest BCUT2D eigenvalue weighted by Crippen LogP contribution is -2.29. The lowest BCUT2D eigenvalue weighted by atomic mass is 10.1. The molecule has 0 saturated carbocycles. The van der Waals surface area contributed by atoms with Crippen molar-refractivity contribution >= 4 is 23.2 Å². The van der Waals surface area contributed by atoms with Gasteiger partial charge in [0.2, 0.25) is 11.8 Å². The van der Waals surface area contributed by atoms with E-state index in [1.54, 1.807) is 0 Å². The van der Waals surface area contributed by atoms with E-state index < -0.39 is 0 Å². The van der Waals surface area contributed by atoms with E-state index in [4.69, 9.17) is 0 Å². The molecule has 0 unspecified atom stereocenters. The molecule has 0 bridgehead atoms. The van der Waals surface area contributed by atoms with Crippen LogP contribution >= 0.6 is 0 Å². The van der Waals surface area contributed by atoms with Crippen LogP contribution < -0.4 is 10.2 Å². The van der Waals surface area contributed by atoms with Gasteiger partial charge in [-0.3, -0.25) is 9.59 Å². The molecule has 0 aromatic heterocycles. The topological polar surface area (TPSA) is 49.4 Å². The fourth-order valence-corrected chi connectivity index (χ4v) is 2.97. The summed E-state index contributed by atoms with van der Waals surface area (Å²) < 4.78 is 0. The molecule has 0 atom stereocenters. The highest BCUT2D eigenvalue weighted by atomic mass is 16.2. The maximum absolute atomic E-state index is 12.1. The molecular weight excluding hydrogens is 300 g/mol. The van der Waals surface area contributed by atoms with E-state index in [0.29, 0.717) is 12.8 Å². The van der Waals surface area contributed by atoms with E-state index in [0.717, 1.165) is 42.7 Å². The summed E-state index contributed by atoms with van der Waals surface area (Å²) in [5.41, 5.74) is 2.65. The Bertz CT molecular complexity index is 695. The summed E-state index contributed by atoms with van der Waals surface area (Å²) in [6.07, 6.45) is 4.10. The van der Waals surface area contributed by atoms with E-state index in [2.05, 4.69) is 5.32 Å². The molecule has 0 aliphatic carbocycles. The molecule has 2 aromatic rings. The molecule has 0 spiro atoms. The van der Waals surface area contributed by atoms with Crippen molar-refractivity contribution < 1.29 is 9.59 Å². The van der Waals surface area contributed by atoms with Crippen LogP contribution in [0.5, 0.6) is 0 Å². The molecule has 24 heavy (non-hydrogen) atoms. The molecule has 1 N–H and O–H groups in total. The fourth-order valence-electron chi connectivity index (χ4n) is 2.97. The van der Waals surface area contributed by atoms with E-state index in [-0.39, 0.29) is 11.8 Å². The van der Waals surface area contributed by atoms with Crippen LogP contribution in [0.2, 0.25) is 0 Å². The van der Waals surface area contributed by atoms with Crippen LogP contribution in [0.15, 0.2) is 54.6 Å². The second kappa shape index (κ2) is 7.77. The summed E-state index contributed by atoms with van der Waals surface area (Å²) in [6, 6.07) is 17.2. The number of carbonyl (C=O) groups is 2. The Balaban J connectivity index is 1.61. The Morgan fingerprint density at radius 3 is 2.46 bits per heavy atom. The highest BCUT2D eigenvalue weighted by Gasteiger charge is 2.18. The van der Waals surface area contributed by atoms with Gasteiger partial charge in [0.05, 0.1) is 6.42 Å². The minimum Gasteiger partial charge on any atom is -0.326 e. The van der Waals surface area contributed by atoms with Crippen molar-refractivity contribution in [2.75, 3.05) is 16.8 Å². The van der Waals surface area contributed by atoms with Gasteiger partial charge in [0.25, 0.3) is 0 Å². The normalized spacial score (nSPS) is 15.0. The Hall–Kier alpha value is -2.62. The first-order valence-electron chi connectivity index (χ1n) is 8.46. The van der Waals surface area contributed by atoms with Gasteiger partial charge in [0, 0.05) is 24.3 Å². The number of nitrogens with one attached hydrogen (secondary N) is 1. The highest BCUT2D eigenvalue weighted by Crippen LogP contribution is 2.22. The molecule has 124 valence electrons. The van der Waals surface area contributed by atoms with E-state index in [9.17, 15) is 9.59 Å². The quantitative estimate of drug-likeness (QED) is 0.931. The first-order valence-corrected chi connectivity index (χ1v) is 8.46. The zero-order chi connectivity index (χ0) is 16.8. The van der Waals surface area contributed by atoms with Gasteiger partial charge in [0.15, 0.2) is 0 Å². The van der Waals surface area contributed by atoms with Gasteiger partial charge >= 0.3 is 0 Å². The van der Waals surface area contributed by atoms with Gasteiger partial charge in [-0.15, -0.1) is 0 Å². The number of carbonyl (C=O) groups excluding carboxylic acids is 2. The lowest BCUT2D eigenvalue weighted by molar-refractivity contribution is -0.118. The third-order valence-corrected chi connectivity index (χ3v) is 4.24. The smallest absolute Gasteiger partial charge is 0.228 e. The maximum atomic E-state index is 12.1. The standard InChI is InChI=1S/C20H22N2O2/c23-19(15-16-7-3-1-4-8-16)21-17-10-12-18(13-11-17)22-14-6-2-5-9-20(22)24/h1,3-4,7-8,10-13H,2,5-6,9,14-15H2,(H,21,23). The molecule has 4 nitrogen and oxygen atoms in total. The number of anilines is 2. The van der Waals surface area contributed by atoms with Crippen molar-refractivity contribution in [2.45, 2.75) is 32.1 Å². The summed E-state index contributed by atoms with van der Waals surface area (Å²) in [4.78, 5) is 26.1. The van der Waals surface area contributed by atoms with Crippen LogP contribution in [0.25, 0.3) is 0 Å². The van der Waals surface area contributed by atoms with Crippen LogP contribution in [0.4, 0.5) is 11.4 Å². The van der Waals surface area contributed by atoms with Crippen molar-refractivity contribution in [1.29, 1.82) is 0 Å². The predicted octanol–water partition coefficient (Wildman–Crippen LogP) is 3.77. The third-order valence-electron chi connectivity index (χ3n) is 4.24. The zero-order valence-corrected chi connectivity index (χ0v) is 13.7. The second-order valence-electron chi connectivity index (χ2n) is 6.11. The largest absolute Gasteiger partial charge is 0.326 e. The molecule has 1 aliphatic heterocycles. The molecule has 1 aliphatic rings.